The van der Waals surface area contributed by atoms with Crippen molar-refractivity contribution in [2.24, 2.45) is 0 Å². The number of alkyl halides is 3. The van der Waals surface area contributed by atoms with Gasteiger partial charge in [-0.3, -0.25) is 9.59 Å². The molecule has 2 aliphatic carbocycles. The Morgan fingerprint density at radius 2 is 1.89 bits per heavy atom. The summed E-state index contributed by atoms with van der Waals surface area (Å²) >= 11 is 0. The minimum absolute atomic E-state index is 0.112. The van der Waals surface area contributed by atoms with Crippen LogP contribution in [0.5, 0.6) is 0 Å². The SMILES string of the molecule is CCCN(CCCCNC(=O)c1ccccc1C(F)(F)F)C1CCc2c(ccc3c2C(=O)C=C3)C1. The quantitative estimate of drug-likeness (QED) is 0.465. The molecule has 0 saturated carbocycles. The number of amides is 1. The van der Waals surface area contributed by atoms with Crippen molar-refractivity contribution in [1.29, 1.82) is 0 Å². The van der Waals surface area contributed by atoms with Gasteiger partial charge in [0.1, 0.15) is 0 Å². The van der Waals surface area contributed by atoms with Gasteiger partial charge in [-0.25, -0.2) is 0 Å². The molecular weight excluding hydrogens is 453 g/mol. The number of halogens is 3. The molecule has 0 aromatic heterocycles. The fourth-order valence-corrected chi connectivity index (χ4v) is 5.27. The van der Waals surface area contributed by atoms with Crippen molar-refractivity contribution in [3.05, 3.63) is 75.9 Å². The van der Waals surface area contributed by atoms with Crippen LogP contribution in [-0.2, 0) is 19.0 Å². The van der Waals surface area contributed by atoms with Gasteiger partial charge in [0.2, 0.25) is 0 Å². The third-order valence-electron chi connectivity index (χ3n) is 6.95. The molecule has 7 heteroatoms. The number of unbranched alkanes of at least 4 members (excludes halogenated alkanes) is 1. The van der Waals surface area contributed by atoms with Crippen LogP contribution in [0.25, 0.3) is 6.08 Å². The van der Waals surface area contributed by atoms with Crippen LogP contribution in [0, 0.1) is 0 Å². The summed E-state index contributed by atoms with van der Waals surface area (Å²) in [4.78, 5) is 27.1. The topological polar surface area (TPSA) is 49.4 Å². The number of ketones is 1. The Balaban J connectivity index is 1.29. The second-order valence-corrected chi connectivity index (χ2v) is 9.30. The van der Waals surface area contributed by atoms with E-state index in [-0.39, 0.29) is 11.3 Å². The van der Waals surface area contributed by atoms with E-state index in [9.17, 15) is 22.8 Å². The molecule has 0 aliphatic heterocycles. The average Bonchev–Trinajstić information content (AvgIpc) is 3.23. The van der Waals surface area contributed by atoms with Crippen molar-refractivity contribution in [3.63, 3.8) is 0 Å². The summed E-state index contributed by atoms with van der Waals surface area (Å²) < 4.78 is 39.5. The lowest BCUT2D eigenvalue weighted by atomic mass is 9.83. The van der Waals surface area contributed by atoms with Crippen LogP contribution in [0.1, 0.15) is 75.6 Å². The number of nitrogens with zero attached hydrogens (tertiary/aromatic N) is 1. The number of allylic oxidation sites excluding steroid dienone is 1. The van der Waals surface area contributed by atoms with Gasteiger partial charge in [-0.2, -0.15) is 13.2 Å². The smallest absolute Gasteiger partial charge is 0.352 e. The first kappa shape index (κ1) is 25.2. The first-order valence-corrected chi connectivity index (χ1v) is 12.3. The van der Waals surface area contributed by atoms with E-state index in [1.807, 2.05) is 12.1 Å². The predicted molar refractivity (Wildman–Crippen MR) is 130 cm³/mol. The maximum atomic E-state index is 13.2. The van der Waals surface area contributed by atoms with Crippen LogP contribution in [0.4, 0.5) is 13.2 Å². The van der Waals surface area contributed by atoms with Gasteiger partial charge in [0.05, 0.1) is 11.1 Å². The fraction of sp³-hybridized carbons (Fsp3) is 0.429. The Hall–Kier alpha value is -2.93. The number of carbonyl (C=O) groups is 2. The largest absolute Gasteiger partial charge is 0.417 e. The molecule has 0 spiro atoms. The van der Waals surface area contributed by atoms with E-state index in [0.29, 0.717) is 19.0 Å². The molecule has 4 nitrogen and oxygen atoms in total. The molecule has 2 aliphatic rings. The molecule has 35 heavy (non-hydrogen) atoms. The van der Waals surface area contributed by atoms with Gasteiger partial charge < -0.3 is 10.2 Å². The highest BCUT2D eigenvalue weighted by atomic mass is 19.4. The van der Waals surface area contributed by atoms with Gasteiger partial charge in [-0.1, -0.05) is 37.3 Å². The molecule has 4 rings (SSSR count). The highest BCUT2D eigenvalue weighted by Crippen LogP contribution is 2.33. The van der Waals surface area contributed by atoms with E-state index in [1.54, 1.807) is 6.08 Å². The molecule has 0 radical (unpaired) electrons. The molecule has 0 saturated heterocycles. The Morgan fingerprint density at radius 3 is 2.66 bits per heavy atom. The molecule has 186 valence electrons. The minimum atomic E-state index is -4.56. The van der Waals surface area contributed by atoms with Crippen LogP contribution in [-0.4, -0.2) is 42.3 Å². The summed E-state index contributed by atoms with van der Waals surface area (Å²) in [7, 11) is 0. The predicted octanol–water partition coefficient (Wildman–Crippen LogP) is 5.69. The number of rotatable bonds is 9. The Labute approximate surface area is 204 Å². The second kappa shape index (κ2) is 10.8. The molecule has 1 N–H and O–H groups in total. The molecule has 0 bridgehead atoms. The molecule has 0 fully saturated rings. The summed E-state index contributed by atoms with van der Waals surface area (Å²) in [6, 6.07) is 9.47. The van der Waals surface area contributed by atoms with Crippen molar-refractivity contribution in [2.75, 3.05) is 19.6 Å². The number of fused-ring (bicyclic) bond motifs is 3. The van der Waals surface area contributed by atoms with Crippen LogP contribution in [0.3, 0.4) is 0 Å². The average molecular weight is 485 g/mol. The zero-order chi connectivity index (χ0) is 25.0. The van der Waals surface area contributed by atoms with Gasteiger partial charge in [-0.15, -0.1) is 0 Å². The summed E-state index contributed by atoms with van der Waals surface area (Å²) in [5.41, 5.74) is 3.12. The highest BCUT2D eigenvalue weighted by molar-refractivity contribution is 6.14. The van der Waals surface area contributed by atoms with Gasteiger partial charge in [0, 0.05) is 18.2 Å². The molecule has 1 amide bonds. The Kier molecular flexibility index (Phi) is 7.75. The molecule has 0 heterocycles. The maximum Gasteiger partial charge on any atom is 0.417 e. The number of carbonyl (C=O) groups excluding carboxylic acids is 2. The van der Waals surface area contributed by atoms with E-state index < -0.39 is 17.6 Å². The maximum absolute atomic E-state index is 13.2. The molecular formula is C28H31F3N2O2. The lowest BCUT2D eigenvalue weighted by Crippen LogP contribution is -2.41. The van der Waals surface area contributed by atoms with Crippen molar-refractivity contribution in [3.8, 4) is 0 Å². The van der Waals surface area contributed by atoms with Crippen molar-refractivity contribution >= 4 is 17.8 Å². The zero-order valence-corrected chi connectivity index (χ0v) is 20.0. The first-order valence-electron chi connectivity index (χ1n) is 12.3. The van der Waals surface area contributed by atoms with Crippen LogP contribution >= 0.6 is 0 Å². The first-order chi connectivity index (χ1) is 16.8. The van der Waals surface area contributed by atoms with Gasteiger partial charge in [0.15, 0.2) is 5.78 Å². The highest BCUT2D eigenvalue weighted by Gasteiger charge is 2.34. The van der Waals surface area contributed by atoms with Gasteiger partial charge in [0.25, 0.3) is 5.91 Å². The van der Waals surface area contributed by atoms with Gasteiger partial charge in [-0.05, 0) is 86.5 Å². The number of benzene rings is 2. The molecule has 1 unspecified atom stereocenters. The fourth-order valence-electron chi connectivity index (χ4n) is 5.27. The molecule has 2 aromatic rings. The normalized spacial score (nSPS) is 16.9. The number of hydrogen-bond donors (Lipinski definition) is 1. The van der Waals surface area contributed by atoms with Gasteiger partial charge >= 0.3 is 6.18 Å². The van der Waals surface area contributed by atoms with Crippen LogP contribution < -0.4 is 5.32 Å². The van der Waals surface area contributed by atoms with Crippen molar-refractivity contribution in [1.82, 2.24) is 10.2 Å². The lowest BCUT2D eigenvalue weighted by Gasteiger charge is -2.36. The van der Waals surface area contributed by atoms with E-state index in [4.69, 9.17) is 0 Å². The number of nitrogens with one attached hydrogen (secondary N) is 1. The second-order valence-electron chi connectivity index (χ2n) is 9.30. The molecule has 1 atom stereocenters. The summed E-state index contributed by atoms with van der Waals surface area (Å²) in [5, 5.41) is 2.64. The third-order valence-corrected chi connectivity index (χ3v) is 6.95. The molecule has 2 aromatic carbocycles. The summed E-state index contributed by atoms with van der Waals surface area (Å²) in [6.45, 7) is 4.32. The van der Waals surface area contributed by atoms with E-state index in [0.717, 1.165) is 62.4 Å². The Morgan fingerprint density at radius 1 is 1.09 bits per heavy atom. The van der Waals surface area contributed by atoms with E-state index in [2.05, 4.69) is 23.2 Å². The Bertz CT molecular complexity index is 1120. The monoisotopic (exact) mass is 484 g/mol. The third kappa shape index (κ3) is 5.67. The minimum Gasteiger partial charge on any atom is -0.352 e. The lowest BCUT2D eigenvalue weighted by molar-refractivity contribution is -0.137. The summed E-state index contributed by atoms with van der Waals surface area (Å²) in [6.07, 6.45) is 4.37. The summed E-state index contributed by atoms with van der Waals surface area (Å²) in [5.74, 6) is -0.579. The van der Waals surface area contributed by atoms with Crippen molar-refractivity contribution < 1.29 is 22.8 Å². The standard InChI is InChI=1S/C28H31F3N2O2/c1-2-16-33(21-12-13-22-20(18-21)10-9-19-11-14-25(34)26(19)22)17-6-5-15-32-27(35)23-7-3-4-8-24(23)28(29,30)31/h3-4,7-11,14,21H,2,5-6,12-13,15-18H2,1H3,(H,32,35). The van der Waals surface area contributed by atoms with E-state index >= 15 is 0 Å². The van der Waals surface area contributed by atoms with Crippen LogP contribution in [0.2, 0.25) is 0 Å². The number of hydrogen-bond acceptors (Lipinski definition) is 3. The zero-order valence-electron chi connectivity index (χ0n) is 20.0. The van der Waals surface area contributed by atoms with Crippen molar-refractivity contribution in [2.45, 2.75) is 57.7 Å². The van der Waals surface area contributed by atoms with E-state index in [1.165, 1.54) is 29.3 Å². The van der Waals surface area contributed by atoms with Crippen LogP contribution in [0.15, 0.2) is 42.5 Å².